The highest BCUT2D eigenvalue weighted by Gasteiger charge is 2.18. The largest absolute Gasteiger partial charge is 0.459 e. The van der Waals surface area contributed by atoms with Gasteiger partial charge in [0.25, 0.3) is 0 Å². The zero-order chi connectivity index (χ0) is 19.3. The molecule has 0 radical (unpaired) electrons. The number of aryl methyl sites for hydroxylation is 1. The first-order chi connectivity index (χ1) is 13.0. The van der Waals surface area contributed by atoms with Gasteiger partial charge in [0.2, 0.25) is 0 Å². The summed E-state index contributed by atoms with van der Waals surface area (Å²) in [6.07, 6.45) is 2.67. The summed E-state index contributed by atoms with van der Waals surface area (Å²) in [6.45, 7) is 1.86. The lowest BCUT2D eigenvalue weighted by molar-refractivity contribution is 0.0927. The molecule has 2 aromatic carbocycles. The van der Waals surface area contributed by atoms with Crippen LogP contribution in [0.4, 0.5) is 0 Å². The molecule has 0 saturated carbocycles. The second-order valence-corrected chi connectivity index (χ2v) is 7.11. The minimum absolute atomic E-state index is 0.0472. The van der Waals surface area contributed by atoms with E-state index < -0.39 is 16.0 Å². The smallest absolute Gasteiger partial charge is 0.339 e. The van der Waals surface area contributed by atoms with Gasteiger partial charge in [0.15, 0.2) is 11.5 Å². The van der Waals surface area contributed by atoms with Crippen molar-refractivity contribution in [1.82, 2.24) is 5.43 Å². The Bertz CT molecular complexity index is 1060. The Morgan fingerprint density at radius 1 is 1.07 bits per heavy atom. The molecule has 27 heavy (non-hydrogen) atoms. The number of furan rings is 1. The Hall–Kier alpha value is -3.39. The van der Waals surface area contributed by atoms with Crippen molar-refractivity contribution in [3.63, 3.8) is 0 Å². The summed E-state index contributed by atoms with van der Waals surface area (Å²) < 4.78 is 35.1. The Labute approximate surface area is 156 Å². The number of hydrogen-bond acceptors (Lipinski definition) is 6. The maximum atomic E-state index is 12.5. The lowest BCUT2D eigenvalue weighted by Crippen LogP contribution is -2.17. The van der Waals surface area contributed by atoms with E-state index in [-0.39, 0.29) is 16.4 Å². The SMILES string of the molecule is Cc1ccc(S(=O)(=O)Oc2ccccc2/C=N\NC(=O)c2ccco2)cc1. The lowest BCUT2D eigenvalue weighted by Gasteiger charge is -2.09. The van der Waals surface area contributed by atoms with E-state index in [1.54, 1.807) is 36.4 Å². The van der Waals surface area contributed by atoms with Crippen LogP contribution in [0.25, 0.3) is 0 Å². The van der Waals surface area contributed by atoms with Crippen molar-refractivity contribution in [1.29, 1.82) is 0 Å². The predicted octanol–water partition coefficient (Wildman–Crippen LogP) is 3.12. The number of hydrazone groups is 1. The third-order valence-electron chi connectivity index (χ3n) is 3.54. The summed E-state index contributed by atoms with van der Waals surface area (Å²) in [6, 6.07) is 15.9. The van der Waals surface area contributed by atoms with E-state index in [1.807, 2.05) is 6.92 Å². The fraction of sp³-hybridized carbons (Fsp3) is 0.0526. The molecule has 0 spiro atoms. The van der Waals surface area contributed by atoms with E-state index in [4.69, 9.17) is 8.60 Å². The molecule has 0 atom stereocenters. The van der Waals surface area contributed by atoms with Crippen LogP contribution in [0.2, 0.25) is 0 Å². The van der Waals surface area contributed by atoms with Crippen molar-refractivity contribution in [3.05, 3.63) is 83.8 Å². The Balaban J connectivity index is 1.76. The van der Waals surface area contributed by atoms with Gasteiger partial charge in [0.1, 0.15) is 4.90 Å². The summed E-state index contributed by atoms with van der Waals surface area (Å²) >= 11 is 0. The Kier molecular flexibility index (Phi) is 5.37. The van der Waals surface area contributed by atoms with Gasteiger partial charge >= 0.3 is 16.0 Å². The second kappa shape index (κ2) is 7.88. The Morgan fingerprint density at radius 3 is 2.52 bits per heavy atom. The summed E-state index contributed by atoms with van der Waals surface area (Å²) in [5.74, 6) is -0.324. The van der Waals surface area contributed by atoms with E-state index >= 15 is 0 Å². The average molecular weight is 384 g/mol. The highest BCUT2D eigenvalue weighted by atomic mass is 32.2. The van der Waals surface area contributed by atoms with Crippen LogP contribution >= 0.6 is 0 Å². The molecule has 1 aromatic heterocycles. The molecule has 1 N–H and O–H groups in total. The van der Waals surface area contributed by atoms with Gasteiger partial charge in [0.05, 0.1) is 12.5 Å². The molecular formula is C19H16N2O5S. The van der Waals surface area contributed by atoms with Crippen LogP contribution in [-0.2, 0) is 10.1 Å². The standard InChI is InChI=1S/C19H16N2O5S/c1-14-8-10-16(11-9-14)27(23,24)26-17-6-3-2-5-15(17)13-20-21-19(22)18-7-4-12-25-18/h2-13H,1H3,(H,21,22)/b20-13-. The first kappa shape index (κ1) is 18.4. The molecule has 0 aliphatic carbocycles. The molecule has 0 unspecified atom stereocenters. The molecule has 138 valence electrons. The number of benzene rings is 2. The number of para-hydroxylation sites is 1. The van der Waals surface area contributed by atoms with E-state index in [2.05, 4.69) is 10.5 Å². The average Bonchev–Trinajstić information content (AvgIpc) is 3.18. The summed E-state index contributed by atoms with van der Waals surface area (Å²) in [7, 11) is -3.99. The predicted molar refractivity (Wildman–Crippen MR) is 99.2 cm³/mol. The molecule has 0 aliphatic heterocycles. The number of rotatable bonds is 6. The van der Waals surface area contributed by atoms with Crippen LogP contribution in [0.5, 0.6) is 5.75 Å². The zero-order valence-corrected chi connectivity index (χ0v) is 15.1. The zero-order valence-electron chi connectivity index (χ0n) is 14.3. The highest BCUT2D eigenvalue weighted by Crippen LogP contribution is 2.22. The minimum Gasteiger partial charge on any atom is -0.459 e. The molecule has 3 aromatic rings. The molecule has 0 fully saturated rings. The van der Waals surface area contributed by atoms with Gasteiger partial charge in [-0.15, -0.1) is 0 Å². The number of carbonyl (C=O) groups is 1. The minimum atomic E-state index is -3.99. The molecule has 0 saturated heterocycles. The van der Waals surface area contributed by atoms with Crippen LogP contribution < -0.4 is 9.61 Å². The number of nitrogens with one attached hydrogen (secondary N) is 1. The van der Waals surface area contributed by atoms with E-state index in [0.717, 1.165) is 5.56 Å². The van der Waals surface area contributed by atoms with Crippen LogP contribution in [0.3, 0.4) is 0 Å². The molecule has 7 nitrogen and oxygen atoms in total. The lowest BCUT2D eigenvalue weighted by atomic mass is 10.2. The fourth-order valence-electron chi connectivity index (χ4n) is 2.16. The van der Waals surface area contributed by atoms with Crippen LogP contribution in [-0.4, -0.2) is 20.5 Å². The Morgan fingerprint density at radius 2 is 1.81 bits per heavy atom. The normalized spacial score (nSPS) is 11.4. The summed E-state index contributed by atoms with van der Waals surface area (Å²) in [5, 5.41) is 3.81. The second-order valence-electron chi connectivity index (χ2n) is 5.56. The quantitative estimate of drug-likeness (QED) is 0.400. The fourth-order valence-corrected chi connectivity index (χ4v) is 3.11. The molecule has 1 amide bonds. The maximum Gasteiger partial charge on any atom is 0.339 e. The number of amides is 1. The molecule has 1 heterocycles. The van der Waals surface area contributed by atoms with Crippen molar-refractivity contribution < 1.29 is 21.8 Å². The van der Waals surface area contributed by atoms with E-state index in [0.29, 0.717) is 5.56 Å². The van der Waals surface area contributed by atoms with Gasteiger partial charge in [-0.2, -0.15) is 13.5 Å². The molecule has 8 heteroatoms. The summed E-state index contributed by atoms with van der Waals surface area (Å²) in [4.78, 5) is 11.8. The van der Waals surface area contributed by atoms with E-state index in [9.17, 15) is 13.2 Å². The molecular weight excluding hydrogens is 368 g/mol. The molecule has 0 bridgehead atoms. The van der Waals surface area contributed by atoms with Gasteiger partial charge in [0, 0.05) is 5.56 Å². The van der Waals surface area contributed by atoms with Crippen molar-refractivity contribution >= 4 is 22.2 Å². The maximum absolute atomic E-state index is 12.5. The number of nitrogens with zero attached hydrogens (tertiary/aromatic N) is 1. The topological polar surface area (TPSA) is 98.0 Å². The summed E-state index contributed by atoms with van der Waals surface area (Å²) in [5.41, 5.74) is 3.61. The van der Waals surface area contributed by atoms with Gasteiger partial charge in [-0.05, 0) is 43.3 Å². The first-order valence-electron chi connectivity index (χ1n) is 7.93. The van der Waals surface area contributed by atoms with Crippen molar-refractivity contribution in [2.24, 2.45) is 5.10 Å². The first-order valence-corrected chi connectivity index (χ1v) is 9.33. The van der Waals surface area contributed by atoms with E-state index in [1.165, 1.54) is 36.7 Å². The third kappa shape index (κ3) is 4.62. The number of hydrogen-bond donors (Lipinski definition) is 1. The highest BCUT2D eigenvalue weighted by molar-refractivity contribution is 7.87. The van der Waals surface area contributed by atoms with Gasteiger partial charge in [-0.25, -0.2) is 5.43 Å². The molecule has 0 aliphatic rings. The third-order valence-corrected chi connectivity index (χ3v) is 4.79. The van der Waals surface area contributed by atoms with Gasteiger partial charge in [-0.1, -0.05) is 29.8 Å². The van der Waals surface area contributed by atoms with Crippen LogP contribution in [0.15, 0.2) is 81.3 Å². The van der Waals surface area contributed by atoms with Crippen molar-refractivity contribution in [3.8, 4) is 5.75 Å². The molecule has 3 rings (SSSR count). The van der Waals surface area contributed by atoms with Gasteiger partial charge < -0.3 is 8.60 Å². The van der Waals surface area contributed by atoms with Crippen LogP contribution in [0.1, 0.15) is 21.7 Å². The van der Waals surface area contributed by atoms with Gasteiger partial charge in [-0.3, -0.25) is 4.79 Å². The monoisotopic (exact) mass is 384 g/mol. The van der Waals surface area contributed by atoms with Crippen molar-refractivity contribution in [2.75, 3.05) is 0 Å². The van der Waals surface area contributed by atoms with Crippen LogP contribution in [0, 0.1) is 6.92 Å². The number of carbonyl (C=O) groups excluding carboxylic acids is 1. The van der Waals surface area contributed by atoms with Crippen molar-refractivity contribution in [2.45, 2.75) is 11.8 Å².